The van der Waals surface area contributed by atoms with Crippen LogP contribution in [0.25, 0.3) is 6.08 Å². The van der Waals surface area contributed by atoms with Gasteiger partial charge >= 0.3 is 0 Å². The number of benzene rings is 1. The minimum absolute atomic E-state index is 0.369. The highest BCUT2D eigenvalue weighted by atomic mass is 16.5. The molecule has 2 heteroatoms. The minimum atomic E-state index is 0.369. The van der Waals surface area contributed by atoms with Gasteiger partial charge in [-0.1, -0.05) is 30.3 Å². The number of allylic oxidation sites excluding steroid dienone is 1. The summed E-state index contributed by atoms with van der Waals surface area (Å²) in [6.07, 6.45) is 2.44. The fraction of sp³-hybridized carbons (Fsp3) is 0.182. The van der Waals surface area contributed by atoms with Crippen molar-refractivity contribution in [2.75, 3.05) is 6.61 Å². The lowest BCUT2D eigenvalue weighted by molar-refractivity contribution is -0.107. The van der Waals surface area contributed by atoms with E-state index in [4.69, 9.17) is 4.74 Å². The van der Waals surface area contributed by atoms with Gasteiger partial charge in [0, 0.05) is 0 Å². The number of hydrogen-bond acceptors (Lipinski definition) is 2. The molecule has 0 saturated heterocycles. The second-order valence-electron chi connectivity index (χ2n) is 2.51. The highest BCUT2D eigenvalue weighted by molar-refractivity contribution is 5.78. The molecule has 0 saturated carbocycles. The second-order valence-corrected chi connectivity index (χ2v) is 2.51. The topological polar surface area (TPSA) is 26.3 Å². The van der Waals surface area contributed by atoms with Gasteiger partial charge in [0.15, 0.2) is 12.0 Å². The Morgan fingerprint density at radius 1 is 1.38 bits per heavy atom. The number of ether oxygens (including phenoxy) is 1. The van der Waals surface area contributed by atoms with Gasteiger partial charge in [-0.15, -0.1) is 0 Å². The van der Waals surface area contributed by atoms with Gasteiger partial charge in [-0.2, -0.15) is 0 Å². The van der Waals surface area contributed by atoms with Gasteiger partial charge in [-0.05, 0) is 18.6 Å². The molecular weight excluding hydrogens is 164 g/mol. The summed E-state index contributed by atoms with van der Waals surface area (Å²) >= 11 is 0. The SMILES string of the molecule is CCO/C(C=O)=C\c1ccccc1. The quantitative estimate of drug-likeness (QED) is 0.399. The number of rotatable bonds is 4. The summed E-state index contributed by atoms with van der Waals surface area (Å²) in [5.74, 6) is 0.369. The number of aldehydes is 1. The van der Waals surface area contributed by atoms with Crippen LogP contribution in [0.15, 0.2) is 36.1 Å². The molecule has 1 aromatic rings. The molecule has 0 aliphatic heterocycles. The van der Waals surface area contributed by atoms with Crippen LogP contribution in [0.3, 0.4) is 0 Å². The molecule has 0 radical (unpaired) electrons. The Bertz CT molecular complexity index is 288. The number of carbonyl (C=O) groups excluding carboxylic acids is 1. The van der Waals surface area contributed by atoms with E-state index >= 15 is 0 Å². The van der Waals surface area contributed by atoms with Crippen molar-refractivity contribution < 1.29 is 9.53 Å². The molecular formula is C11H12O2. The van der Waals surface area contributed by atoms with Gasteiger partial charge in [0.1, 0.15) is 0 Å². The largest absolute Gasteiger partial charge is 0.490 e. The Morgan fingerprint density at radius 2 is 2.08 bits per heavy atom. The fourth-order valence-electron chi connectivity index (χ4n) is 0.990. The summed E-state index contributed by atoms with van der Waals surface area (Å²) in [7, 11) is 0. The van der Waals surface area contributed by atoms with Gasteiger partial charge < -0.3 is 4.74 Å². The van der Waals surface area contributed by atoms with E-state index in [1.54, 1.807) is 6.08 Å². The van der Waals surface area contributed by atoms with Crippen molar-refractivity contribution in [2.24, 2.45) is 0 Å². The van der Waals surface area contributed by atoms with Crippen LogP contribution < -0.4 is 0 Å². The lowest BCUT2D eigenvalue weighted by Crippen LogP contribution is -1.92. The van der Waals surface area contributed by atoms with Gasteiger partial charge in [0.25, 0.3) is 0 Å². The molecule has 0 unspecified atom stereocenters. The van der Waals surface area contributed by atoms with E-state index in [0.29, 0.717) is 12.4 Å². The van der Waals surface area contributed by atoms with Crippen molar-refractivity contribution in [1.82, 2.24) is 0 Å². The molecule has 0 amide bonds. The molecule has 0 N–H and O–H groups in total. The monoisotopic (exact) mass is 176 g/mol. The Morgan fingerprint density at radius 3 is 2.62 bits per heavy atom. The summed E-state index contributed by atoms with van der Waals surface area (Å²) in [4.78, 5) is 10.5. The zero-order valence-electron chi connectivity index (χ0n) is 7.57. The fourth-order valence-corrected chi connectivity index (χ4v) is 0.990. The normalized spacial score (nSPS) is 11.0. The van der Waals surface area contributed by atoms with E-state index in [-0.39, 0.29) is 0 Å². The maximum atomic E-state index is 10.5. The van der Waals surface area contributed by atoms with Crippen LogP contribution in [0, 0.1) is 0 Å². The van der Waals surface area contributed by atoms with Gasteiger partial charge in [-0.3, -0.25) is 4.79 Å². The van der Waals surface area contributed by atoms with Crippen molar-refractivity contribution in [3.8, 4) is 0 Å². The summed E-state index contributed by atoms with van der Waals surface area (Å²) in [5.41, 5.74) is 0.970. The van der Waals surface area contributed by atoms with Crippen molar-refractivity contribution in [3.63, 3.8) is 0 Å². The van der Waals surface area contributed by atoms with E-state index < -0.39 is 0 Å². The Labute approximate surface area is 77.8 Å². The van der Waals surface area contributed by atoms with Crippen LogP contribution in [0.2, 0.25) is 0 Å². The van der Waals surface area contributed by atoms with Crippen molar-refractivity contribution >= 4 is 12.4 Å². The molecule has 0 aromatic heterocycles. The average molecular weight is 176 g/mol. The predicted molar refractivity (Wildman–Crippen MR) is 52.1 cm³/mol. The number of carbonyl (C=O) groups is 1. The first-order valence-electron chi connectivity index (χ1n) is 4.21. The maximum Gasteiger partial charge on any atom is 0.184 e. The van der Waals surface area contributed by atoms with Crippen LogP contribution in [0.1, 0.15) is 12.5 Å². The first-order valence-corrected chi connectivity index (χ1v) is 4.21. The lowest BCUT2D eigenvalue weighted by Gasteiger charge is -2.00. The molecule has 68 valence electrons. The molecule has 0 heterocycles. The van der Waals surface area contributed by atoms with Crippen LogP contribution >= 0.6 is 0 Å². The second kappa shape index (κ2) is 5.14. The Hall–Kier alpha value is -1.57. The zero-order chi connectivity index (χ0) is 9.52. The smallest absolute Gasteiger partial charge is 0.184 e. The number of hydrogen-bond donors (Lipinski definition) is 0. The van der Waals surface area contributed by atoms with Gasteiger partial charge in [0.05, 0.1) is 6.61 Å². The van der Waals surface area contributed by atoms with Crippen LogP contribution in [-0.4, -0.2) is 12.9 Å². The molecule has 2 nitrogen and oxygen atoms in total. The van der Waals surface area contributed by atoms with Crippen LogP contribution in [-0.2, 0) is 9.53 Å². The van der Waals surface area contributed by atoms with Crippen LogP contribution in [0.4, 0.5) is 0 Å². The van der Waals surface area contributed by atoms with Crippen molar-refractivity contribution in [3.05, 3.63) is 41.7 Å². The first kappa shape index (κ1) is 9.52. The van der Waals surface area contributed by atoms with E-state index in [2.05, 4.69) is 0 Å². The summed E-state index contributed by atoms with van der Waals surface area (Å²) in [5, 5.41) is 0. The highest BCUT2D eigenvalue weighted by Crippen LogP contribution is 2.05. The van der Waals surface area contributed by atoms with E-state index in [1.807, 2.05) is 37.3 Å². The third-order valence-electron chi connectivity index (χ3n) is 1.54. The molecule has 1 aromatic carbocycles. The molecule has 13 heavy (non-hydrogen) atoms. The molecule has 0 bridgehead atoms. The standard InChI is InChI=1S/C11H12O2/c1-2-13-11(9-12)8-10-6-4-3-5-7-10/h3-9H,2H2,1H3/b11-8-. The average Bonchev–Trinajstić information content (AvgIpc) is 2.19. The van der Waals surface area contributed by atoms with Crippen molar-refractivity contribution in [1.29, 1.82) is 0 Å². The predicted octanol–water partition coefficient (Wildman–Crippen LogP) is 2.26. The zero-order valence-corrected chi connectivity index (χ0v) is 7.57. The molecule has 0 aliphatic carbocycles. The third-order valence-corrected chi connectivity index (χ3v) is 1.54. The van der Waals surface area contributed by atoms with E-state index in [9.17, 15) is 4.79 Å². The van der Waals surface area contributed by atoms with Gasteiger partial charge in [-0.25, -0.2) is 0 Å². The van der Waals surface area contributed by atoms with E-state index in [1.165, 1.54) is 0 Å². The molecule has 0 aliphatic rings. The van der Waals surface area contributed by atoms with Crippen LogP contribution in [0.5, 0.6) is 0 Å². The molecule has 0 fully saturated rings. The molecule has 0 spiro atoms. The first-order chi connectivity index (χ1) is 6.36. The molecule has 1 rings (SSSR count). The van der Waals surface area contributed by atoms with Gasteiger partial charge in [0.2, 0.25) is 0 Å². The lowest BCUT2D eigenvalue weighted by atomic mass is 10.2. The van der Waals surface area contributed by atoms with E-state index in [0.717, 1.165) is 11.8 Å². The maximum absolute atomic E-state index is 10.5. The highest BCUT2D eigenvalue weighted by Gasteiger charge is 1.93. The Kier molecular flexibility index (Phi) is 3.76. The summed E-state index contributed by atoms with van der Waals surface area (Å²) in [6.45, 7) is 2.36. The van der Waals surface area contributed by atoms with Crippen molar-refractivity contribution in [2.45, 2.75) is 6.92 Å². The summed E-state index contributed by atoms with van der Waals surface area (Å²) in [6, 6.07) is 9.60. The minimum Gasteiger partial charge on any atom is -0.490 e. The summed E-state index contributed by atoms with van der Waals surface area (Å²) < 4.78 is 5.09. The Balaban J connectivity index is 2.79. The third kappa shape index (κ3) is 3.11. The molecule has 0 atom stereocenters.